The average molecular weight is 849 g/mol. The zero-order valence-corrected chi connectivity index (χ0v) is 35.3. The second kappa shape index (κ2) is 24.9. The molecule has 13 nitrogen and oxygen atoms in total. The summed E-state index contributed by atoms with van der Waals surface area (Å²) in [6.45, 7) is 11.0. The molecule has 13 heteroatoms. The van der Waals surface area contributed by atoms with Crippen molar-refractivity contribution in [3.63, 3.8) is 0 Å². The summed E-state index contributed by atoms with van der Waals surface area (Å²) in [5, 5.41) is 17.7. The van der Waals surface area contributed by atoms with Gasteiger partial charge < -0.3 is 33.2 Å². The van der Waals surface area contributed by atoms with Crippen molar-refractivity contribution in [1.29, 1.82) is 0 Å². The molecule has 324 valence electrons. The number of para-hydroxylation sites is 4. The van der Waals surface area contributed by atoms with E-state index in [1.165, 1.54) is 0 Å². The molecule has 0 radical (unpaired) electrons. The van der Waals surface area contributed by atoms with Crippen LogP contribution < -0.4 is 18.9 Å². The Labute approximate surface area is 369 Å². The van der Waals surface area contributed by atoms with E-state index in [1.54, 1.807) is 0 Å². The lowest BCUT2D eigenvalue weighted by Crippen LogP contribution is -2.16. The maximum atomic E-state index is 6.26. The molecule has 0 amide bonds. The number of hydrogen-bond acceptors (Lipinski definition) is 11. The van der Waals surface area contributed by atoms with Crippen LogP contribution in [0, 0.1) is 24.7 Å². The summed E-state index contributed by atoms with van der Waals surface area (Å²) in [5.74, 6) is 7.80. The van der Waals surface area contributed by atoms with E-state index >= 15 is 0 Å². The molecule has 0 fully saturated rings. The first-order chi connectivity index (χ1) is 31.1. The third-order valence-electron chi connectivity index (χ3n) is 9.64. The average Bonchev–Trinajstić information content (AvgIpc) is 4.00. The molecule has 0 bridgehead atoms. The van der Waals surface area contributed by atoms with Crippen LogP contribution in [0.25, 0.3) is 0 Å². The number of nitrogens with zero attached hydrogens (tertiary/aromatic N) is 6. The first-order valence-electron chi connectivity index (χ1n) is 20.6. The van der Waals surface area contributed by atoms with Gasteiger partial charge in [-0.2, -0.15) is 0 Å². The number of aromatic nitrogens is 6. The highest BCUT2D eigenvalue weighted by atomic mass is 16.5. The Kier molecular flexibility index (Phi) is 18.0. The van der Waals surface area contributed by atoms with Crippen LogP contribution in [-0.4, -0.2) is 69.6 Å². The van der Waals surface area contributed by atoms with Crippen LogP contribution in [0.1, 0.15) is 58.6 Å². The SMILES string of the molecule is C#CCOCc1ccccc1OCc1cn(C(CC=C)c2ccccc2OCCOCCOc2ccccc2C(CC=C)n2cc(COc3ccccc3COCC#C)nn2)nn1. The van der Waals surface area contributed by atoms with E-state index in [4.69, 9.17) is 46.0 Å². The van der Waals surface area contributed by atoms with Crippen molar-refractivity contribution < 1.29 is 33.2 Å². The molecule has 63 heavy (non-hydrogen) atoms. The molecule has 6 aromatic rings. The smallest absolute Gasteiger partial charge is 0.134 e. The van der Waals surface area contributed by atoms with Gasteiger partial charge in [0, 0.05) is 22.3 Å². The van der Waals surface area contributed by atoms with Crippen molar-refractivity contribution >= 4 is 0 Å². The van der Waals surface area contributed by atoms with E-state index in [2.05, 4.69) is 45.6 Å². The van der Waals surface area contributed by atoms with Gasteiger partial charge in [0.05, 0.1) is 50.9 Å². The lowest BCUT2D eigenvalue weighted by Gasteiger charge is -2.20. The highest BCUT2D eigenvalue weighted by molar-refractivity contribution is 5.38. The van der Waals surface area contributed by atoms with E-state index in [-0.39, 0.29) is 38.5 Å². The molecule has 0 saturated heterocycles. The van der Waals surface area contributed by atoms with Crippen molar-refractivity contribution in [1.82, 2.24) is 30.0 Å². The minimum Gasteiger partial charge on any atom is -0.491 e. The van der Waals surface area contributed by atoms with Gasteiger partial charge in [0.1, 0.15) is 74.0 Å². The van der Waals surface area contributed by atoms with Gasteiger partial charge in [-0.15, -0.1) is 36.2 Å². The fourth-order valence-corrected chi connectivity index (χ4v) is 6.70. The summed E-state index contributed by atoms with van der Waals surface area (Å²) in [7, 11) is 0. The van der Waals surface area contributed by atoms with E-state index in [0.717, 1.165) is 33.8 Å². The summed E-state index contributed by atoms with van der Waals surface area (Å²) < 4.78 is 45.3. The predicted octanol–water partition coefficient (Wildman–Crippen LogP) is 8.13. The number of hydrogen-bond donors (Lipinski definition) is 0. The fourth-order valence-electron chi connectivity index (χ4n) is 6.70. The van der Waals surface area contributed by atoms with Crippen molar-refractivity contribution in [3.05, 3.63) is 168 Å². The molecule has 0 N–H and O–H groups in total. The largest absolute Gasteiger partial charge is 0.491 e. The van der Waals surface area contributed by atoms with Crippen molar-refractivity contribution in [2.24, 2.45) is 0 Å². The number of allylic oxidation sites excluding steroid dienone is 2. The molecular weight excluding hydrogens is 797 g/mol. The molecular formula is C50H52N6O7. The third-order valence-corrected chi connectivity index (χ3v) is 9.64. The monoisotopic (exact) mass is 848 g/mol. The molecule has 2 unspecified atom stereocenters. The lowest BCUT2D eigenvalue weighted by molar-refractivity contribution is 0.0756. The second-order valence-corrected chi connectivity index (χ2v) is 14.0. The van der Waals surface area contributed by atoms with E-state index in [9.17, 15) is 0 Å². The van der Waals surface area contributed by atoms with Crippen molar-refractivity contribution in [3.8, 4) is 47.7 Å². The highest BCUT2D eigenvalue weighted by Crippen LogP contribution is 2.32. The summed E-state index contributed by atoms with van der Waals surface area (Å²) in [4.78, 5) is 0. The van der Waals surface area contributed by atoms with Crippen LogP contribution in [0.15, 0.2) is 135 Å². The molecule has 0 saturated carbocycles. The molecule has 4 aromatic carbocycles. The Bertz CT molecular complexity index is 2260. The molecule has 6 rings (SSSR count). The zero-order valence-electron chi connectivity index (χ0n) is 35.3. The maximum absolute atomic E-state index is 6.26. The van der Waals surface area contributed by atoms with Gasteiger partial charge in [-0.1, -0.05) is 107 Å². The molecule has 0 spiro atoms. The quantitative estimate of drug-likeness (QED) is 0.0270. The first-order valence-corrected chi connectivity index (χ1v) is 20.6. The molecule has 0 aliphatic carbocycles. The van der Waals surface area contributed by atoms with Crippen LogP contribution in [-0.2, 0) is 40.6 Å². The van der Waals surface area contributed by atoms with E-state index in [0.29, 0.717) is 75.4 Å². The first kappa shape index (κ1) is 45.4. The summed E-state index contributed by atoms with van der Waals surface area (Å²) in [6.07, 6.45) is 19.3. The normalized spacial score (nSPS) is 11.8. The number of terminal acetylenes is 2. The van der Waals surface area contributed by atoms with Crippen molar-refractivity contribution in [2.45, 2.75) is 51.4 Å². The van der Waals surface area contributed by atoms with Gasteiger partial charge >= 0.3 is 0 Å². The molecule has 0 aliphatic heterocycles. The van der Waals surface area contributed by atoms with E-state index in [1.807, 2.05) is 131 Å². The Morgan fingerprint density at radius 3 is 1.35 bits per heavy atom. The lowest BCUT2D eigenvalue weighted by atomic mass is 10.0. The highest BCUT2D eigenvalue weighted by Gasteiger charge is 2.21. The Hall–Kier alpha value is -7.16. The molecule has 2 atom stereocenters. The van der Waals surface area contributed by atoms with Crippen LogP contribution in [0.5, 0.6) is 23.0 Å². The minimum absolute atomic E-state index is 0.200. The second-order valence-electron chi connectivity index (χ2n) is 14.0. The fraction of sp³-hybridized carbons (Fsp3) is 0.280. The van der Waals surface area contributed by atoms with Crippen LogP contribution in [0.4, 0.5) is 0 Å². The maximum Gasteiger partial charge on any atom is 0.134 e. The Morgan fingerprint density at radius 2 is 0.921 bits per heavy atom. The summed E-state index contributed by atoms with van der Waals surface area (Å²) >= 11 is 0. The van der Waals surface area contributed by atoms with Crippen LogP contribution in [0.3, 0.4) is 0 Å². The van der Waals surface area contributed by atoms with Gasteiger partial charge in [0.15, 0.2) is 0 Å². The van der Waals surface area contributed by atoms with Crippen LogP contribution >= 0.6 is 0 Å². The molecule has 0 aliphatic rings. The van der Waals surface area contributed by atoms with Gasteiger partial charge in [-0.25, -0.2) is 9.36 Å². The van der Waals surface area contributed by atoms with Crippen LogP contribution in [0.2, 0.25) is 0 Å². The Balaban J connectivity index is 0.987. The number of benzene rings is 4. The van der Waals surface area contributed by atoms with Gasteiger partial charge in [0.25, 0.3) is 0 Å². The predicted molar refractivity (Wildman–Crippen MR) is 239 cm³/mol. The third kappa shape index (κ3) is 13.4. The summed E-state index contributed by atoms with van der Waals surface area (Å²) in [5.41, 5.74) is 5.03. The number of rotatable bonds is 28. The Morgan fingerprint density at radius 1 is 0.508 bits per heavy atom. The van der Waals surface area contributed by atoms with E-state index < -0.39 is 0 Å². The van der Waals surface area contributed by atoms with Gasteiger partial charge in [-0.05, 0) is 37.1 Å². The standard InChI is InChI=1S/C50H52N6O7/c1-5-17-45(55-33-41(51-53-55)37-62-47-23-13-9-19-39(47)35-58-27-7-3)43-21-11-15-25-49(43)60-31-29-57-30-32-61-50-26-16-12-22-44(50)46(18-6-2)56-34-42(52-54-56)38-63-48-24-14-10-20-40(48)36-59-28-8-4/h3-6,9-16,19-26,33-34,45-46H,1-2,17-18,27-32,35-38H2. The van der Waals surface area contributed by atoms with Gasteiger partial charge in [-0.3, -0.25) is 0 Å². The zero-order chi connectivity index (χ0) is 43.9. The summed E-state index contributed by atoms with van der Waals surface area (Å²) in [6, 6.07) is 30.7. The molecule has 2 aromatic heterocycles. The minimum atomic E-state index is -0.200. The van der Waals surface area contributed by atoms with Crippen molar-refractivity contribution in [2.75, 3.05) is 39.6 Å². The topological polar surface area (TPSA) is 126 Å². The molecule has 2 heterocycles. The number of ether oxygens (including phenoxy) is 7. The van der Waals surface area contributed by atoms with Gasteiger partial charge in [0.2, 0.25) is 0 Å².